The fraction of sp³-hybridized carbons (Fsp3) is 0.474. The second kappa shape index (κ2) is 7.70. The van der Waals surface area contributed by atoms with E-state index in [9.17, 15) is 4.79 Å². The second-order valence-corrected chi connectivity index (χ2v) is 6.58. The number of nitrogens with one attached hydrogen (secondary N) is 2. The maximum Gasteiger partial charge on any atom is 0.225 e. The molecule has 1 amide bonds. The molecular weight excluding hydrogens is 316 g/mol. The van der Waals surface area contributed by atoms with Crippen LogP contribution in [0.25, 0.3) is 0 Å². The molecule has 134 valence electrons. The van der Waals surface area contributed by atoms with Crippen molar-refractivity contribution in [2.45, 2.75) is 26.3 Å². The van der Waals surface area contributed by atoms with E-state index in [1.165, 1.54) is 0 Å². The van der Waals surface area contributed by atoms with Crippen LogP contribution in [0.1, 0.15) is 29.5 Å². The molecule has 0 bridgehead atoms. The molecule has 2 heterocycles. The molecule has 1 aromatic carbocycles. The molecule has 0 unspecified atom stereocenters. The Morgan fingerprint density at radius 2 is 2.28 bits per heavy atom. The Balaban J connectivity index is 1.66. The lowest BCUT2D eigenvalue weighted by Gasteiger charge is -2.18. The maximum atomic E-state index is 12.7. The molecular formula is C19H26N4O2. The van der Waals surface area contributed by atoms with Crippen molar-refractivity contribution >= 4 is 5.91 Å². The van der Waals surface area contributed by atoms with Crippen LogP contribution in [-0.4, -0.2) is 35.4 Å². The van der Waals surface area contributed by atoms with Gasteiger partial charge in [0, 0.05) is 44.4 Å². The van der Waals surface area contributed by atoms with Crippen LogP contribution >= 0.6 is 0 Å². The van der Waals surface area contributed by atoms with Crippen molar-refractivity contribution in [1.82, 2.24) is 20.4 Å². The summed E-state index contributed by atoms with van der Waals surface area (Å²) in [7, 11) is 1.90. The van der Waals surface area contributed by atoms with Crippen LogP contribution < -0.4 is 15.4 Å². The number of carbonyl (C=O) groups excluding carboxylic acids is 1. The van der Waals surface area contributed by atoms with Gasteiger partial charge in [-0.2, -0.15) is 5.10 Å². The van der Waals surface area contributed by atoms with Gasteiger partial charge in [-0.25, -0.2) is 0 Å². The molecule has 6 nitrogen and oxygen atoms in total. The lowest BCUT2D eigenvalue weighted by molar-refractivity contribution is -0.125. The molecule has 2 N–H and O–H groups in total. The quantitative estimate of drug-likeness (QED) is 0.839. The summed E-state index contributed by atoms with van der Waals surface area (Å²) in [5.41, 5.74) is 3.26. The van der Waals surface area contributed by atoms with Crippen molar-refractivity contribution in [2.24, 2.45) is 13.0 Å². The van der Waals surface area contributed by atoms with Crippen LogP contribution in [0.15, 0.2) is 30.6 Å². The predicted octanol–water partition coefficient (Wildman–Crippen LogP) is 1.75. The molecule has 0 radical (unpaired) electrons. The molecule has 1 saturated heterocycles. The number of rotatable bonds is 6. The first-order chi connectivity index (χ1) is 12.1. The first-order valence-corrected chi connectivity index (χ1v) is 8.77. The number of hydrogen-bond acceptors (Lipinski definition) is 4. The van der Waals surface area contributed by atoms with E-state index in [2.05, 4.69) is 15.7 Å². The maximum absolute atomic E-state index is 12.7. The third-order valence-corrected chi connectivity index (χ3v) is 4.68. The molecule has 1 aromatic heterocycles. The van der Waals surface area contributed by atoms with Crippen LogP contribution in [0.5, 0.6) is 5.75 Å². The van der Waals surface area contributed by atoms with Gasteiger partial charge in [0.15, 0.2) is 0 Å². The molecule has 25 heavy (non-hydrogen) atoms. The molecule has 3 rings (SSSR count). The first-order valence-electron chi connectivity index (χ1n) is 8.77. The molecule has 0 spiro atoms. The van der Waals surface area contributed by atoms with Crippen molar-refractivity contribution in [3.8, 4) is 5.75 Å². The summed E-state index contributed by atoms with van der Waals surface area (Å²) in [5, 5.41) is 10.6. The Morgan fingerprint density at radius 3 is 3.00 bits per heavy atom. The Morgan fingerprint density at radius 1 is 1.44 bits per heavy atom. The monoisotopic (exact) mass is 342 g/mol. The highest BCUT2D eigenvalue weighted by atomic mass is 16.5. The molecule has 1 aliphatic rings. The zero-order valence-electron chi connectivity index (χ0n) is 15.1. The van der Waals surface area contributed by atoms with Gasteiger partial charge in [-0.1, -0.05) is 12.1 Å². The van der Waals surface area contributed by atoms with Crippen molar-refractivity contribution in [3.05, 3.63) is 47.3 Å². The zero-order chi connectivity index (χ0) is 17.8. The summed E-state index contributed by atoms with van der Waals surface area (Å²) >= 11 is 0. The van der Waals surface area contributed by atoms with Crippen LogP contribution in [0, 0.1) is 12.8 Å². The number of benzene rings is 1. The minimum Gasteiger partial charge on any atom is -0.494 e. The minimum absolute atomic E-state index is 0.0712. The van der Waals surface area contributed by atoms with Crippen molar-refractivity contribution < 1.29 is 9.53 Å². The molecule has 0 saturated carbocycles. The standard InChI is InChI=1S/C19H26N4O2/c1-4-25-18-7-13(2)5-6-14(18)8-21-19(24)17-11-20-10-16(17)15-9-22-23(3)12-15/h5-7,9,12,16-17,20H,4,8,10-11H2,1-3H3,(H,21,24)/t16-,17+/m1/s1. The lowest BCUT2D eigenvalue weighted by Crippen LogP contribution is -2.34. The molecule has 2 aromatic rings. The second-order valence-electron chi connectivity index (χ2n) is 6.58. The molecule has 2 atom stereocenters. The number of amides is 1. The van der Waals surface area contributed by atoms with Crippen LogP contribution in [0.4, 0.5) is 0 Å². The average Bonchev–Trinajstić information content (AvgIpc) is 3.22. The van der Waals surface area contributed by atoms with Crippen molar-refractivity contribution in [1.29, 1.82) is 0 Å². The number of carbonyl (C=O) groups is 1. The van der Waals surface area contributed by atoms with E-state index in [0.717, 1.165) is 29.0 Å². The van der Waals surface area contributed by atoms with E-state index in [1.54, 1.807) is 4.68 Å². The van der Waals surface area contributed by atoms with Crippen LogP contribution in [-0.2, 0) is 18.4 Å². The molecule has 0 aliphatic carbocycles. The number of ether oxygens (including phenoxy) is 1. The summed E-state index contributed by atoms with van der Waals surface area (Å²) < 4.78 is 7.48. The van der Waals surface area contributed by atoms with Gasteiger partial charge in [0.1, 0.15) is 5.75 Å². The Kier molecular flexibility index (Phi) is 5.38. The van der Waals surface area contributed by atoms with Gasteiger partial charge in [0.05, 0.1) is 18.7 Å². The van der Waals surface area contributed by atoms with Gasteiger partial charge < -0.3 is 15.4 Å². The van der Waals surface area contributed by atoms with Crippen molar-refractivity contribution in [2.75, 3.05) is 19.7 Å². The average molecular weight is 342 g/mol. The smallest absolute Gasteiger partial charge is 0.225 e. The van der Waals surface area contributed by atoms with E-state index in [1.807, 2.05) is 51.5 Å². The van der Waals surface area contributed by atoms with E-state index < -0.39 is 0 Å². The lowest BCUT2D eigenvalue weighted by atomic mass is 9.90. The minimum atomic E-state index is -0.0785. The molecule has 1 fully saturated rings. The highest BCUT2D eigenvalue weighted by Crippen LogP contribution is 2.28. The van der Waals surface area contributed by atoms with E-state index in [0.29, 0.717) is 19.7 Å². The van der Waals surface area contributed by atoms with E-state index in [4.69, 9.17) is 4.74 Å². The highest BCUT2D eigenvalue weighted by molar-refractivity contribution is 5.80. The summed E-state index contributed by atoms with van der Waals surface area (Å²) in [4.78, 5) is 12.7. The SMILES string of the molecule is CCOc1cc(C)ccc1CNC(=O)[C@H]1CNC[C@@H]1c1cnn(C)c1. The topological polar surface area (TPSA) is 68.2 Å². The predicted molar refractivity (Wildman–Crippen MR) is 96.5 cm³/mol. The summed E-state index contributed by atoms with van der Waals surface area (Å²) in [6, 6.07) is 6.08. The van der Waals surface area contributed by atoms with Gasteiger partial charge in [-0.3, -0.25) is 9.48 Å². The largest absolute Gasteiger partial charge is 0.494 e. The Labute approximate surface area is 148 Å². The number of nitrogens with zero attached hydrogens (tertiary/aromatic N) is 2. The number of hydrogen-bond donors (Lipinski definition) is 2. The normalized spacial score (nSPS) is 19.8. The zero-order valence-corrected chi connectivity index (χ0v) is 15.1. The Hall–Kier alpha value is -2.34. The number of aromatic nitrogens is 2. The van der Waals surface area contributed by atoms with Gasteiger partial charge >= 0.3 is 0 Å². The van der Waals surface area contributed by atoms with Crippen LogP contribution in [0.2, 0.25) is 0 Å². The van der Waals surface area contributed by atoms with Crippen molar-refractivity contribution in [3.63, 3.8) is 0 Å². The highest BCUT2D eigenvalue weighted by Gasteiger charge is 2.34. The fourth-order valence-corrected chi connectivity index (χ4v) is 3.35. The fourth-order valence-electron chi connectivity index (χ4n) is 3.35. The summed E-state index contributed by atoms with van der Waals surface area (Å²) in [5.74, 6) is 1.00. The third-order valence-electron chi connectivity index (χ3n) is 4.68. The summed E-state index contributed by atoms with van der Waals surface area (Å²) in [6.45, 7) is 6.59. The first kappa shape index (κ1) is 17.5. The van der Waals surface area contributed by atoms with E-state index >= 15 is 0 Å². The third kappa shape index (κ3) is 4.02. The van der Waals surface area contributed by atoms with Gasteiger partial charge in [0.2, 0.25) is 5.91 Å². The van der Waals surface area contributed by atoms with Gasteiger partial charge in [-0.05, 0) is 31.0 Å². The Bertz CT molecular complexity index is 741. The van der Waals surface area contributed by atoms with E-state index in [-0.39, 0.29) is 17.7 Å². The molecule has 1 aliphatic heterocycles. The van der Waals surface area contributed by atoms with Gasteiger partial charge in [0.25, 0.3) is 0 Å². The number of aryl methyl sites for hydroxylation is 2. The summed E-state index contributed by atoms with van der Waals surface area (Å²) in [6.07, 6.45) is 3.84. The van der Waals surface area contributed by atoms with Gasteiger partial charge in [-0.15, -0.1) is 0 Å². The van der Waals surface area contributed by atoms with Crippen LogP contribution in [0.3, 0.4) is 0 Å². The molecule has 6 heteroatoms.